The molecule has 0 bridgehead atoms. The SMILES string of the molecule is CC1(c2ccccc2)CN(CCCC2CCCC2)CCN1. The Balaban J connectivity index is 1.50. The van der Waals surface area contributed by atoms with Gasteiger partial charge < -0.3 is 5.32 Å². The van der Waals surface area contributed by atoms with Crippen LogP contribution < -0.4 is 5.32 Å². The van der Waals surface area contributed by atoms with Crippen molar-refractivity contribution in [3.63, 3.8) is 0 Å². The van der Waals surface area contributed by atoms with Gasteiger partial charge in [0, 0.05) is 19.6 Å². The Morgan fingerprint density at radius 2 is 1.95 bits per heavy atom. The largest absolute Gasteiger partial charge is 0.305 e. The molecule has 1 unspecified atom stereocenters. The number of nitrogens with zero attached hydrogens (tertiary/aromatic N) is 1. The third-order valence-corrected chi connectivity index (χ3v) is 5.46. The summed E-state index contributed by atoms with van der Waals surface area (Å²) in [6.07, 6.45) is 8.77. The molecule has 1 aliphatic carbocycles. The summed E-state index contributed by atoms with van der Waals surface area (Å²) >= 11 is 0. The van der Waals surface area contributed by atoms with Gasteiger partial charge in [-0.2, -0.15) is 0 Å². The van der Waals surface area contributed by atoms with Gasteiger partial charge in [-0.25, -0.2) is 0 Å². The van der Waals surface area contributed by atoms with Crippen molar-refractivity contribution in [3.05, 3.63) is 35.9 Å². The minimum absolute atomic E-state index is 0.118. The van der Waals surface area contributed by atoms with Gasteiger partial charge >= 0.3 is 0 Å². The quantitative estimate of drug-likeness (QED) is 0.886. The third-order valence-electron chi connectivity index (χ3n) is 5.46. The third kappa shape index (κ3) is 3.87. The van der Waals surface area contributed by atoms with Crippen molar-refractivity contribution < 1.29 is 0 Å². The maximum atomic E-state index is 3.73. The molecule has 1 N–H and O–H groups in total. The lowest BCUT2D eigenvalue weighted by atomic mass is 9.89. The summed E-state index contributed by atoms with van der Waals surface area (Å²) in [4.78, 5) is 2.67. The number of hydrogen-bond donors (Lipinski definition) is 1. The van der Waals surface area contributed by atoms with E-state index in [2.05, 4.69) is 47.5 Å². The molecular weight excluding hydrogens is 256 g/mol. The van der Waals surface area contributed by atoms with Crippen LogP contribution in [0.3, 0.4) is 0 Å². The molecule has 2 heteroatoms. The number of piperazine rings is 1. The Morgan fingerprint density at radius 1 is 1.19 bits per heavy atom. The summed E-state index contributed by atoms with van der Waals surface area (Å²) in [6.45, 7) is 7.08. The first-order chi connectivity index (χ1) is 10.3. The molecule has 1 saturated heterocycles. The number of nitrogens with one attached hydrogen (secondary N) is 1. The first kappa shape index (κ1) is 15.1. The fourth-order valence-electron chi connectivity index (χ4n) is 4.16. The van der Waals surface area contributed by atoms with Crippen LogP contribution in [0.25, 0.3) is 0 Å². The first-order valence-corrected chi connectivity index (χ1v) is 8.79. The van der Waals surface area contributed by atoms with Gasteiger partial charge in [0.25, 0.3) is 0 Å². The summed E-state index contributed by atoms with van der Waals surface area (Å²) in [5.41, 5.74) is 1.54. The lowest BCUT2D eigenvalue weighted by Crippen LogP contribution is -2.56. The highest BCUT2D eigenvalue weighted by molar-refractivity contribution is 5.24. The van der Waals surface area contributed by atoms with Crippen LogP contribution in [0, 0.1) is 5.92 Å². The molecule has 0 amide bonds. The fraction of sp³-hybridized carbons (Fsp3) is 0.684. The Labute approximate surface area is 129 Å². The zero-order valence-electron chi connectivity index (χ0n) is 13.5. The van der Waals surface area contributed by atoms with Gasteiger partial charge in [-0.3, -0.25) is 4.90 Å². The van der Waals surface area contributed by atoms with Crippen LogP contribution in [0.2, 0.25) is 0 Å². The molecule has 1 atom stereocenters. The van der Waals surface area contributed by atoms with Crippen LogP contribution in [-0.4, -0.2) is 31.1 Å². The lowest BCUT2D eigenvalue weighted by molar-refractivity contribution is 0.139. The van der Waals surface area contributed by atoms with E-state index < -0.39 is 0 Å². The van der Waals surface area contributed by atoms with E-state index in [1.807, 2.05) is 0 Å². The smallest absolute Gasteiger partial charge is 0.0535 e. The Bertz CT molecular complexity index is 424. The zero-order chi connectivity index (χ0) is 14.5. The highest BCUT2D eigenvalue weighted by Crippen LogP contribution is 2.29. The van der Waals surface area contributed by atoms with Crippen molar-refractivity contribution in [2.24, 2.45) is 5.92 Å². The average Bonchev–Trinajstić information content (AvgIpc) is 3.02. The highest BCUT2D eigenvalue weighted by atomic mass is 15.2. The van der Waals surface area contributed by atoms with E-state index in [0.717, 1.165) is 19.0 Å². The minimum Gasteiger partial charge on any atom is -0.305 e. The van der Waals surface area contributed by atoms with Crippen LogP contribution in [-0.2, 0) is 5.54 Å². The molecule has 0 spiro atoms. The predicted molar refractivity (Wildman–Crippen MR) is 89.4 cm³/mol. The Morgan fingerprint density at radius 3 is 2.71 bits per heavy atom. The second-order valence-corrected chi connectivity index (χ2v) is 7.19. The minimum atomic E-state index is 0.118. The summed E-state index contributed by atoms with van der Waals surface area (Å²) in [6, 6.07) is 10.9. The van der Waals surface area contributed by atoms with Gasteiger partial charge in [0.2, 0.25) is 0 Å². The van der Waals surface area contributed by atoms with Gasteiger partial charge in [-0.15, -0.1) is 0 Å². The monoisotopic (exact) mass is 286 g/mol. The molecule has 116 valence electrons. The van der Waals surface area contributed by atoms with Crippen LogP contribution >= 0.6 is 0 Å². The second-order valence-electron chi connectivity index (χ2n) is 7.19. The second kappa shape index (κ2) is 6.93. The number of hydrogen-bond acceptors (Lipinski definition) is 2. The summed E-state index contributed by atoms with van der Waals surface area (Å²) < 4.78 is 0. The summed E-state index contributed by atoms with van der Waals surface area (Å²) in [7, 11) is 0. The van der Waals surface area contributed by atoms with Gasteiger partial charge in [0.05, 0.1) is 5.54 Å². The van der Waals surface area contributed by atoms with E-state index in [4.69, 9.17) is 0 Å². The van der Waals surface area contributed by atoms with E-state index in [1.54, 1.807) is 0 Å². The zero-order valence-corrected chi connectivity index (χ0v) is 13.5. The van der Waals surface area contributed by atoms with Crippen molar-refractivity contribution >= 4 is 0 Å². The van der Waals surface area contributed by atoms with Crippen LogP contribution in [0.1, 0.15) is 51.0 Å². The van der Waals surface area contributed by atoms with Crippen molar-refractivity contribution in [2.75, 3.05) is 26.2 Å². The maximum Gasteiger partial charge on any atom is 0.0535 e. The molecule has 2 nitrogen and oxygen atoms in total. The van der Waals surface area contributed by atoms with Crippen molar-refractivity contribution in [2.45, 2.75) is 51.0 Å². The standard InChI is InChI=1S/C19H30N2/c1-19(18-11-3-2-4-12-18)16-21(15-13-20-19)14-7-10-17-8-5-6-9-17/h2-4,11-12,17,20H,5-10,13-16H2,1H3. The van der Waals surface area contributed by atoms with Crippen molar-refractivity contribution in [3.8, 4) is 0 Å². The molecule has 21 heavy (non-hydrogen) atoms. The number of rotatable bonds is 5. The van der Waals surface area contributed by atoms with Crippen molar-refractivity contribution in [1.82, 2.24) is 10.2 Å². The van der Waals surface area contributed by atoms with Crippen LogP contribution in [0.5, 0.6) is 0 Å². The highest BCUT2D eigenvalue weighted by Gasteiger charge is 2.31. The average molecular weight is 286 g/mol. The molecule has 0 radical (unpaired) electrons. The first-order valence-electron chi connectivity index (χ1n) is 8.79. The normalized spacial score (nSPS) is 28.0. The molecule has 1 aromatic carbocycles. The van der Waals surface area contributed by atoms with Gasteiger partial charge in [0.15, 0.2) is 0 Å². The topological polar surface area (TPSA) is 15.3 Å². The van der Waals surface area contributed by atoms with E-state index in [1.165, 1.54) is 57.2 Å². The fourth-order valence-corrected chi connectivity index (χ4v) is 4.16. The molecule has 1 aliphatic heterocycles. The van der Waals surface area contributed by atoms with E-state index >= 15 is 0 Å². The Hall–Kier alpha value is -0.860. The summed E-state index contributed by atoms with van der Waals surface area (Å²) in [5.74, 6) is 1.04. The van der Waals surface area contributed by atoms with E-state index in [9.17, 15) is 0 Å². The van der Waals surface area contributed by atoms with Crippen LogP contribution in [0.15, 0.2) is 30.3 Å². The lowest BCUT2D eigenvalue weighted by Gasteiger charge is -2.42. The van der Waals surface area contributed by atoms with Crippen LogP contribution in [0.4, 0.5) is 0 Å². The molecule has 1 heterocycles. The van der Waals surface area contributed by atoms with E-state index in [-0.39, 0.29) is 5.54 Å². The maximum absolute atomic E-state index is 3.73. The molecule has 1 aromatic rings. The van der Waals surface area contributed by atoms with Gasteiger partial charge in [0.1, 0.15) is 0 Å². The Kier molecular flexibility index (Phi) is 4.97. The molecule has 2 fully saturated rings. The van der Waals surface area contributed by atoms with Crippen molar-refractivity contribution in [1.29, 1.82) is 0 Å². The molecule has 2 aliphatic rings. The molecular formula is C19H30N2. The van der Waals surface area contributed by atoms with Gasteiger partial charge in [-0.05, 0) is 37.8 Å². The molecule has 0 aromatic heterocycles. The molecule has 1 saturated carbocycles. The van der Waals surface area contributed by atoms with Gasteiger partial charge in [-0.1, -0.05) is 56.0 Å². The summed E-state index contributed by atoms with van der Waals surface area (Å²) in [5, 5.41) is 3.73. The molecule has 3 rings (SSSR count). The number of benzene rings is 1. The van der Waals surface area contributed by atoms with E-state index in [0.29, 0.717) is 0 Å². The predicted octanol–water partition coefficient (Wildman–Crippen LogP) is 3.78.